The van der Waals surface area contributed by atoms with E-state index in [0.717, 1.165) is 5.56 Å². The first-order valence-electron chi connectivity index (χ1n) is 5.66. The molecule has 0 saturated heterocycles. The number of hydrogen-bond donors (Lipinski definition) is 0. The van der Waals surface area contributed by atoms with Crippen molar-refractivity contribution < 1.29 is 14.3 Å². The number of rotatable bonds is 4. The summed E-state index contributed by atoms with van der Waals surface area (Å²) in [5, 5.41) is 0. The maximum Gasteiger partial charge on any atom is 0.338 e. The monoisotopic (exact) mass is 318 g/mol. The van der Waals surface area contributed by atoms with E-state index in [9.17, 15) is 9.59 Å². The van der Waals surface area contributed by atoms with Gasteiger partial charge in [-0.25, -0.2) is 4.79 Å². The molecule has 0 aliphatic carbocycles. The van der Waals surface area contributed by atoms with Crippen molar-refractivity contribution in [1.82, 2.24) is 0 Å². The highest BCUT2D eigenvalue weighted by Gasteiger charge is 2.09. The molecule has 19 heavy (non-hydrogen) atoms. The van der Waals surface area contributed by atoms with Crippen LogP contribution in [0.25, 0.3) is 0 Å². The van der Waals surface area contributed by atoms with Gasteiger partial charge < -0.3 is 4.74 Å². The van der Waals surface area contributed by atoms with Crippen LogP contribution in [0.4, 0.5) is 0 Å². The molecule has 3 nitrogen and oxygen atoms in total. The predicted molar refractivity (Wildman–Crippen MR) is 75.1 cm³/mol. The fourth-order valence-electron chi connectivity index (χ4n) is 1.60. The summed E-state index contributed by atoms with van der Waals surface area (Å²) in [6.45, 7) is 0.211. The second-order valence-electron chi connectivity index (χ2n) is 3.95. The molecular formula is C15H11BrO3. The van der Waals surface area contributed by atoms with Gasteiger partial charge in [0.25, 0.3) is 0 Å². The first-order chi connectivity index (χ1) is 9.19. The molecule has 2 rings (SSSR count). The molecule has 0 unspecified atom stereocenters. The van der Waals surface area contributed by atoms with E-state index >= 15 is 0 Å². The lowest BCUT2D eigenvalue weighted by molar-refractivity contribution is 0.0472. The lowest BCUT2D eigenvalue weighted by Crippen LogP contribution is -2.06. The fourth-order valence-corrected chi connectivity index (χ4v) is 2.12. The van der Waals surface area contributed by atoms with E-state index in [2.05, 4.69) is 15.9 Å². The smallest absolute Gasteiger partial charge is 0.338 e. The fraction of sp³-hybridized carbons (Fsp3) is 0.0667. The van der Waals surface area contributed by atoms with Crippen molar-refractivity contribution in [3.63, 3.8) is 0 Å². The van der Waals surface area contributed by atoms with Gasteiger partial charge in [-0.15, -0.1) is 0 Å². The van der Waals surface area contributed by atoms with E-state index in [1.165, 1.54) is 6.07 Å². The molecule has 0 radical (unpaired) electrons. The summed E-state index contributed by atoms with van der Waals surface area (Å²) in [7, 11) is 0. The SMILES string of the molecule is O=Cc1cc(Br)cc(C(=O)OCc2ccccc2)c1. The van der Waals surface area contributed by atoms with Gasteiger partial charge in [0.15, 0.2) is 0 Å². The van der Waals surface area contributed by atoms with Crippen molar-refractivity contribution in [3.05, 3.63) is 69.7 Å². The van der Waals surface area contributed by atoms with Crippen LogP contribution < -0.4 is 0 Å². The van der Waals surface area contributed by atoms with Crippen molar-refractivity contribution in [1.29, 1.82) is 0 Å². The van der Waals surface area contributed by atoms with E-state index < -0.39 is 5.97 Å². The summed E-state index contributed by atoms with van der Waals surface area (Å²) in [5.74, 6) is -0.451. The molecule has 2 aromatic carbocycles. The third kappa shape index (κ3) is 3.76. The minimum atomic E-state index is -0.451. The first kappa shape index (κ1) is 13.5. The molecule has 0 heterocycles. The molecule has 0 bridgehead atoms. The van der Waals surface area contributed by atoms with Crippen LogP contribution in [0.5, 0.6) is 0 Å². The van der Waals surface area contributed by atoms with Crippen LogP contribution in [0.15, 0.2) is 53.0 Å². The molecule has 2 aromatic rings. The van der Waals surface area contributed by atoms with Crippen molar-refractivity contribution in [2.75, 3.05) is 0 Å². The van der Waals surface area contributed by atoms with Crippen LogP contribution in [0.1, 0.15) is 26.3 Å². The first-order valence-corrected chi connectivity index (χ1v) is 6.45. The van der Waals surface area contributed by atoms with Crippen LogP contribution in [0.2, 0.25) is 0 Å². The number of hydrogen-bond acceptors (Lipinski definition) is 3. The number of aldehydes is 1. The average Bonchev–Trinajstić information content (AvgIpc) is 2.45. The number of benzene rings is 2. The van der Waals surface area contributed by atoms with Gasteiger partial charge in [0.1, 0.15) is 12.9 Å². The Hall–Kier alpha value is -1.94. The van der Waals surface area contributed by atoms with E-state index in [1.807, 2.05) is 30.3 Å². The highest BCUT2D eigenvalue weighted by Crippen LogP contribution is 2.16. The molecule has 0 spiro atoms. The Kier molecular flexibility index (Phi) is 4.47. The van der Waals surface area contributed by atoms with Crippen molar-refractivity contribution in [2.24, 2.45) is 0 Å². The molecule has 0 saturated carbocycles. The van der Waals surface area contributed by atoms with Gasteiger partial charge in [-0.1, -0.05) is 46.3 Å². The van der Waals surface area contributed by atoms with Gasteiger partial charge in [-0.2, -0.15) is 0 Å². The van der Waals surface area contributed by atoms with Gasteiger partial charge in [-0.3, -0.25) is 4.79 Å². The topological polar surface area (TPSA) is 43.4 Å². The summed E-state index contributed by atoms with van der Waals surface area (Å²) in [6.07, 6.45) is 0.693. The van der Waals surface area contributed by atoms with Gasteiger partial charge >= 0.3 is 5.97 Å². The number of halogens is 1. The standard InChI is InChI=1S/C15H11BrO3/c16-14-7-12(9-17)6-13(8-14)15(18)19-10-11-4-2-1-3-5-11/h1-9H,10H2. The number of esters is 1. The van der Waals surface area contributed by atoms with Crippen LogP contribution in [-0.4, -0.2) is 12.3 Å². The zero-order valence-electron chi connectivity index (χ0n) is 10.0. The lowest BCUT2D eigenvalue weighted by atomic mass is 10.1. The van der Waals surface area contributed by atoms with Crippen LogP contribution in [0.3, 0.4) is 0 Å². The van der Waals surface area contributed by atoms with E-state index in [4.69, 9.17) is 4.74 Å². The molecular weight excluding hydrogens is 308 g/mol. The highest BCUT2D eigenvalue weighted by atomic mass is 79.9. The van der Waals surface area contributed by atoms with Crippen molar-refractivity contribution in [2.45, 2.75) is 6.61 Å². The second-order valence-corrected chi connectivity index (χ2v) is 4.87. The summed E-state index contributed by atoms with van der Waals surface area (Å²) < 4.78 is 5.86. The zero-order chi connectivity index (χ0) is 13.7. The number of ether oxygens (including phenoxy) is 1. The van der Waals surface area contributed by atoms with Crippen molar-refractivity contribution in [3.8, 4) is 0 Å². The molecule has 4 heteroatoms. The Bertz CT molecular complexity index is 594. The third-order valence-corrected chi connectivity index (χ3v) is 2.96. The zero-order valence-corrected chi connectivity index (χ0v) is 11.6. The quantitative estimate of drug-likeness (QED) is 0.638. The number of carbonyl (C=O) groups excluding carboxylic acids is 2. The largest absolute Gasteiger partial charge is 0.457 e. The van der Waals surface area contributed by atoms with Gasteiger partial charge in [-0.05, 0) is 23.8 Å². The third-order valence-electron chi connectivity index (χ3n) is 2.50. The molecule has 0 aliphatic heterocycles. The van der Waals surface area contributed by atoms with Crippen molar-refractivity contribution >= 4 is 28.2 Å². The molecule has 0 N–H and O–H groups in total. The maximum atomic E-state index is 11.9. The average molecular weight is 319 g/mol. The van der Waals surface area contributed by atoms with Crippen LogP contribution >= 0.6 is 15.9 Å². The molecule has 0 fully saturated rings. The Morgan fingerprint density at radius 3 is 2.58 bits per heavy atom. The molecule has 0 aromatic heterocycles. The summed E-state index contributed by atoms with van der Waals surface area (Å²) in [4.78, 5) is 22.6. The van der Waals surface area contributed by atoms with Gasteiger partial charge in [0, 0.05) is 10.0 Å². The van der Waals surface area contributed by atoms with E-state index in [-0.39, 0.29) is 6.61 Å². The number of carbonyl (C=O) groups is 2. The van der Waals surface area contributed by atoms with Gasteiger partial charge in [0.05, 0.1) is 5.56 Å². The van der Waals surface area contributed by atoms with E-state index in [1.54, 1.807) is 12.1 Å². The van der Waals surface area contributed by atoms with Crippen LogP contribution in [-0.2, 0) is 11.3 Å². The Labute approximate surface area is 119 Å². The second kappa shape index (κ2) is 6.29. The Morgan fingerprint density at radius 2 is 1.89 bits per heavy atom. The molecule has 0 atom stereocenters. The van der Waals surface area contributed by atoms with E-state index in [0.29, 0.717) is 21.9 Å². The molecule has 0 amide bonds. The Morgan fingerprint density at radius 1 is 1.16 bits per heavy atom. The minimum absolute atomic E-state index is 0.211. The van der Waals surface area contributed by atoms with Crippen LogP contribution in [0, 0.1) is 0 Å². The highest BCUT2D eigenvalue weighted by molar-refractivity contribution is 9.10. The molecule has 96 valence electrons. The molecule has 0 aliphatic rings. The van der Waals surface area contributed by atoms with Gasteiger partial charge in [0.2, 0.25) is 0 Å². The normalized spacial score (nSPS) is 9.95. The predicted octanol–water partition coefficient (Wildman–Crippen LogP) is 3.62. The Balaban J connectivity index is 2.08. The summed E-state index contributed by atoms with van der Waals surface area (Å²) >= 11 is 3.25. The lowest BCUT2D eigenvalue weighted by Gasteiger charge is -2.06. The maximum absolute atomic E-state index is 11.9. The summed E-state index contributed by atoms with van der Waals surface area (Å²) in [6, 6.07) is 14.2. The summed E-state index contributed by atoms with van der Waals surface area (Å²) in [5.41, 5.74) is 1.70. The minimum Gasteiger partial charge on any atom is -0.457 e.